The van der Waals surface area contributed by atoms with E-state index >= 15 is 0 Å². The Kier molecular flexibility index (Phi) is 5.91. The van der Waals surface area contributed by atoms with Gasteiger partial charge in [0, 0.05) is 25.8 Å². The van der Waals surface area contributed by atoms with E-state index < -0.39 is 0 Å². The molecule has 114 valence electrons. The van der Waals surface area contributed by atoms with Gasteiger partial charge in [-0.15, -0.1) is 0 Å². The van der Waals surface area contributed by atoms with Gasteiger partial charge in [0.2, 0.25) is 0 Å². The number of hydrogen-bond donors (Lipinski definition) is 1. The van der Waals surface area contributed by atoms with Crippen LogP contribution in [0.5, 0.6) is 0 Å². The topological polar surface area (TPSA) is 72.1 Å². The van der Waals surface area contributed by atoms with Crippen molar-refractivity contribution in [2.45, 2.75) is 6.04 Å². The minimum Gasteiger partial charge on any atom is -0.387 e. The van der Waals surface area contributed by atoms with Gasteiger partial charge in [0.15, 0.2) is 0 Å². The maximum Gasteiger partial charge on any atom is 0.145 e. The maximum atomic E-state index is 13.1. The highest BCUT2D eigenvalue weighted by molar-refractivity contribution is 5.34. The van der Waals surface area contributed by atoms with Crippen LogP contribution in [0.4, 0.5) is 4.39 Å². The van der Waals surface area contributed by atoms with Crippen molar-refractivity contribution in [2.24, 2.45) is 0 Å². The van der Waals surface area contributed by atoms with Gasteiger partial charge in [-0.3, -0.25) is 4.90 Å². The SMILES string of the molecule is N#CC(C#N)=CNC[C@@H](c1ccc(F)cc1)N1CCOCC1. The van der Waals surface area contributed by atoms with Crippen molar-refractivity contribution in [3.05, 3.63) is 47.4 Å². The van der Waals surface area contributed by atoms with Crippen LogP contribution in [0, 0.1) is 28.5 Å². The highest BCUT2D eigenvalue weighted by atomic mass is 19.1. The molecule has 0 bridgehead atoms. The zero-order valence-electron chi connectivity index (χ0n) is 12.1. The number of nitrogens with zero attached hydrogens (tertiary/aromatic N) is 3. The predicted octanol–water partition coefficient (Wildman–Crippen LogP) is 1.72. The van der Waals surface area contributed by atoms with Crippen LogP contribution in [0.3, 0.4) is 0 Å². The molecule has 1 aromatic rings. The van der Waals surface area contributed by atoms with Crippen molar-refractivity contribution in [3.8, 4) is 12.1 Å². The summed E-state index contributed by atoms with van der Waals surface area (Å²) in [5.74, 6) is -0.270. The third-order valence-corrected chi connectivity index (χ3v) is 3.54. The molecule has 1 saturated heterocycles. The molecule has 1 atom stereocenters. The van der Waals surface area contributed by atoms with Crippen LogP contribution in [-0.2, 0) is 4.74 Å². The molecule has 1 fully saturated rings. The lowest BCUT2D eigenvalue weighted by Crippen LogP contribution is -2.42. The van der Waals surface area contributed by atoms with E-state index in [1.54, 1.807) is 24.3 Å². The number of allylic oxidation sites excluding steroid dienone is 1. The molecule has 5 nitrogen and oxygen atoms in total. The number of morpholine rings is 1. The first-order valence-electron chi connectivity index (χ1n) is 7.05. The van der Waals surface area contributed by atoms with Gasteiger partial charge in [-0.1, -0.05) is 12.1 Å². The Labute approximate surface area is 129 Å². The average molecular weight is 300 g/mol. The highest BCUT2D eigenvalue weighted by Crippen LogP contribution is 2.21. The van der Waals surface area contributed by atoms with Gasteiger partial charge in [0.1, 0.15) is 23.5 Å². The summed E-state index contributed by atoms with van der Waals surface area (Å²) < 4.78 is 18.5. The van der Waals surface area contributed by atoms with Gasteiger partial charge in [-0.05, 0) is 17.7 Å². The quantitative estimate of drug-likeness (QED) is 0.838. The summed E-state index contributed by atoms with van der Waals surface area (Å²) in [5, 5.41) is 20.5. The normalized spacial score (nSPS) is 16.1. The molecule has 0 spiro atoms. The Morgan fingerprint density at radius 1 is 1.27 bits per heavy atom. The maximum absolute atomic E-state index is 13.1. The second kappa shape index (κ2) is 8.14. The molecule has 0 saturated carbocycles. The van der Waals surface area contributed by atoms with E-state index in [2.05, 4.69) is 10.2 Å². The fourth-order valence-corrected chi connectivity index (χ4v) is 2.39. The summed E-state index contributed by atoms with van der Waals surface area (Å²) in [6.07, 6.45) is 1.41. The summed E-state index contributed by atoms with van der Waals surface area (Å²) in [7, 11) is 0. The predicted molar refractivity (Wildman–Crippen MR) is 78.8 cm³/mol. The number of benzene rings is 1. The molecule has 0 aliphatic carbocycles. The van der Waals surface area contributed by atoms with Crippen molar-refractivity contribution in [2.75, 3.05) is 32.8 Å². The molecule has 22 heavy (non-hydrogen) atoms. The molecule has 0 aromatic heterocycles. The molecule has 2 rings (SSSR count). The number of halogens is 1. The molecule has 0 unspecified atom stereocenters. The Bertz CT molecular complexity index is 578. The van der Waals surface area contributed by atoms with Gasteiger partial charge in [0.25, 0.3) is 0 Å². The first-order valence-corrected chi connectivity index (χ1v) is 7.05. The molecule has 1 N–H and O–H groups in total. The van der Waals surface area contributed by atoms with Crippen molar-refractivity contribution in [3.63, 3.8) is 0 Å². The molecule has 6 heteroatoms. The lowest BCUT2D eigenvalue weighted by atomic mass is 10.0. The van der Waals surface area contributed by atoms with Gasteiger partial charge < -0.3 is 10.1 Å². The van der Waals surface area contributed by atoms with E-state index in [1.807, 2.05) is 0 Å². The van der Waals surface area contributed by atoms with E-state index in [0.717, 1.165) is 18.7 Å². The minimum absolute atomic E-state index is 0.0272. The second-order valence-electron chi connectivity index (χ2n) is 4.91. The summed E-state index contributed by atoms with van der Waals surface area (Å²) in [4.78, 5) is 2.25. The van der Waals surface area contributed by atoms with E-state index in [-0.39, 0.29) is 17.4 Å². The molecular weight excluding hydrogens is 283 g/mol. The summed E-state index contributed by atoms with van der Waals surface area (Å²) in [6, 6.07) is 10.0. The zero-order chi connectivity index (χ0) is 15.8. The minimum atomic E-state index is -0.270. The fourth-order valence-electron chi connectivity index (χ4n) is 2.39. The van der Waals surface area contributed by atoms with Gasteiger partial charge in [-0.2, -0.15) is 10.5 Å². The molecule has 1 aliphatic heterocycles. The number of ether oxygens (including phenoxy) is 1. The Morgan fingerprint density at radius 3 is 2.50 bits per heavy atom. The molecule has 0 amide bonds. The van der Waals surface area contributed by atoms with Crippen LogP contribution in [0.2, 0.25) is 0 Å². The van der Waals surface area contributed by atoms with Crippen molar-refractivity contribution in [1.29, 1.82) is 10.5 Å². The summed E-state index contributed by atoms with van der Waals surface area (Å²) in [6.45, 7) is 3.43. The van der Waals surface area contributed by atoms with Crippen molar-refractivity contribution >= 4 is 0 Å². The Balaban J connectivity index is 2.11. The third kappa shape index (κ3) is 4.29. The number of rotatable bonds is 5. The highest BCUT2D eigenvalue weighted by Gasteiger charge is 2.22. The smallest absolute Gasteiger partial charge is 0.145 e. The summed E-state index contributed by atoms with van der Waals surface area (Å²) >= 11 is 0. The van der Waals surface area contributed by atoms with Crippen molar-refractivity contribution in [1.82, 2.24) is 10.2 Å². The molecular formula is C16H17FN4O. The van der Waals surface area contributed by atoms with Crippen LogP contribution in [-0.4, -0.2) is 37.7 Å². The first kappa shape index (κ1) is 16.0. The number of nitrogens with one attached hydrogen (secondary N) is 1. The largest absolute Gasteiger partial charge is 0.387 e. The van der Waals surface area contributed by atoms with Crippen LogP contribution in [0.1, 0.15) is 11.6 Å². The average Bonchev–Trinajstić information content (AvgIpc) is 2.57. The van der Waals surface area contributed by atoms with Crippen LogP contribution in [0.15, 0.2) is 36.0 Å². The zero-order valence-corrected chi connectivity index (χ0v) is 12.1. The van der Waals surface area contributed by atoms with Crippen LogP contribution >= 0.6 is 0 Å². The first-order chi connectivity index (χ1) is 10.7. The van der Waals surface area contributed by atoms with Crippen molar-refractivity contribution < 1.29 is 9.13 Å². The fraction of sp³-hybridized carbons (Fsp3) is 0.375. The molecule has 1 heterocycles. The Hall–Kier alpha value is -2.41. The number of hydrogen-bond acceptors (Lipinski definition) is 5. The van der Waals surface area contributed by atoms with E-state index in [4.69, 9.17) is 15.3 Å². The van der Waals surface area contributed by atoms with E-state index in [9.17, 15) is 4.39 Å². The lowest BCUT2D eigenvalue weighted by molar-refractivity contribution is 0.0167. The molecule has 1 aliphatic rings. The van der Waals surface area contributed by atoms with Gasteiger partial charge in [0.05, 0.1) is 19.3 Å². The van der Waals surface area contributed by atoms with Crippen LogP contribution in [0.25, 0.3) is 0 Å². The van der Waals surface area contributed by atoms with Crippen LogP contribution < -0.4 is 5.32 Å². The molecule has 0 radical (unpaired) electrons. The van der Waals surface area contributed by atoms with E-state index in [0.29, 0.717) is 19.8 Å². The summed E-state index contributed by atoms with van der Waals surface area (Å²) in [5.41, 5.74) is 1.01. The second-order valence-corrected chi connectivity index (χ2v) is 4.91. The third-order valence-electron chi connectivity index (χ3n) is 3.54. The van der Waals surface area contributed by atoms with E-state index in [1.165, 1.54) is 18.3 Å². The van der Waals surface area contributed by atoms with Gasteiger partial charge in [-0.25, -0.2) is 4.39 Å². The van der Waals surface area contributed by atoms with Gasteiger partial charge >= 0.3 is 0 Å². The monoisotopic (exact) mass is 300 g/mol. The number of nitriles is 2. The standard InChI is InChI=1S/C16H17FN4O/c17-15-3-1-14(2-4-15)16(21-5-7-22-8-6-21)12-20-11-13(9-18)10-19/h1-4,11,16,20H,5-8,12H2/t16-/m0/s1. The lowest BCUT2D eigenvalue weighted by Gasteiger charge is -2.34. The Morgan fingerprint density at radius 2 is 1.91 bits per heavy atom. The molecule has 1 aromatic carbocycles.